The fraction of sp³-hybridized carbons (Fsp3) is 0.0769. The number of pyridine rings is 1. The molecule has 3 rings (SSSR count). The third kappa shape index (κ3) is 2.08. The number of benzene rings is 1. The summed E-state index contributed by atoms with van der Waals surface area (Å²) < 4.78 is 0. The van der Waals surface area contributed by atoms with Gasteiger partial charge in [0.05, 0.1) is 11.1 Å². The summed E-state index contributed by atoms with van der Waals surface area (Å²) in [6, 6.07) is 8.64. The van der Waals surface area contributed by atoms with Crippen LogP contribution in [0.25, 0.3) is 22.6 Å². The zero-order valence-corrected chi connectivity index (χ0v) is 10.9. The normalized spacial score (nSPS) is 10.8. The SMILES string of the molecule is CNc1ccc2[nH]c(-c3ccc(Cl)cc3O)nc2n1. The first-order valence-electron chi connectivity index (χ1n) is 5.71. The summed E-state index contributed by atoms with van der Waals surface area (Å²) in [4.78, 5) is 11.8. The second kappa shape index (κ2) is 4.44. The van der Waals surface area contributed by atoms with Crippen LogP contribution < -0.4 is 5.32 Å². The molecule has 1 aromatic carbocycles. The highest BCUT2D eigenvalue weighted by Gasteiger charge is 2.11. The van der Waals surface area contributed by atoms with Gasteiger partial charge in [-0.3, -0.25) is 0 Å². The number of aromatic nitrogens is 3. The van der Waals surface area contributed by atoms with E-state index in [1.54, 1.807) is 19.2 Å². The van der Waals surface area contributed by atoms with Crippen LogP contribution in [-0.4, -0.2) is 27.1 Å². The summed E-state index contributed by atoms with van der Waals surface area (Å²) in [5.74, 6) is 1.39. The fourth-order valence-electron chi connectivity index (χ4n) is 1.86. The van der Waals surface area contributed by atoms with Gasteiger partial charge >= 0.3 is 0 Å². The van der Waals surface area contributed by atoms with Gasteiger partial charge in [-0.25, -0.2) is 9.97 Å². The van der Waals surface area contributed by atoms with Gasteiger partial charge in [0.25, 0.3) is 0 Å². The zero-order valence-electron chi connectivity index (χ0n) is 10.1. The van der Waals surface area contributed by atoms with Gasteiger partial charge in [0.2, 0.25) is 0 Å². The Bertz CT molecular complexity index is 753. The lowest BCUT2D eigenvalue weighted by molar-refractivity contribution is 0.477. The van der Waals surface area contributed by atoms with Crippen LogP contribution in [0.15, 0.2) is 30.3 Å². The molecular weight excluding hydrogens is 264 g/mol. The number of anilines is 1. The van der Waals surface area contributed by atoms with Crippen LogP contribution in [0.5, 0.6) is 5.75 Å². The largest absolute Gasteiger partial charge is 0.507 e. The monoisotopic (exact) mass is 274 g/mol. The van der Waals surface area contributed by atoms with Gasteiger partial charge in [-0.15, -0.1) is 0 Å². The Hall–Kier alpha value is -2.27. The predicted molar refractivity (Wildman–Crippen MR) is 75.5 cm³/mol. The molecule has 19 heavy (non-hydrogen) atoms. The number of phenols is 1. The van der Waals surface area contributed by atoms with Crippen LogP contribution in [0, 0.1) is 0 Å². The second-order valence-electron chi connectivity index (χ2n) is 4.06. The number of hydrogen-bond acceptors (Lipinski definition) is 4. The van der Waals surface area contributed by atoms with Crippen molar-refractivity contribution in [1.29, 1.82) is 0 Å². The summed E-state index contributed by atoms with van der Waals surface area (Å²) in [6.45, 7) is 0. The number of phenolic OH excluding ortho intramolecular Hbond substituents is 1. The minimum absolute atomic E-state index is 0.0837. The molecular formula is C13H11ClN4O. The molecule has 0 bridgehead atoms. The smallest absolute Gasteiger partial charge is 0.180 e. The number of hydrogen-bond donors (Lipinski definition) is 3. The molecule has 2 aromatic heterocycles. The van der Waals surface area contributed by atoms with Crippen LogP contribution in [0.1, 0.15) is 0 Å². The Morgan fingerprint density at radius 1 is 1.21 bits per heavy atom. The van der Waals surface area contributed by atoms with E-state index in [0.29, 0.717) is 22.1 Å². The van der Waals surface area contributed by atoms with Crippen molar-refractivity contribution in [1.82, 2.24) is 15.0 Å². The number of H-pyrrole nitrogens is 1. The molecule has 0 spiro atoms. The van der Waals surface area contributed by atoms with E-state index in [1.807, 2.05) is 12.1 Å². The lowest BCUT2D eigenvalue weighted by Crippen LogP contribution is -1.91. The lowest BCUT2D eigenvalue weighted by atomic mass is 10.2. The first-order valence-corrected chi connectivity index (χ1v) is 6.08. The maximum absolute atomic E-state index is 9.89. The third-order valence-corrected chi connectivity index (χ3v) is 3.05. The van der Waals surface area contributed by atoms with Crippen LogP contribution in [0.3, 0.4) is 0 Å². The third-order valence-electron chi connectivity index (χ3n) is 2.82. The van der Waals surface area contributed by atoms with Gasteiger partial charge in [0.15, 0.2) is 5.65 Å². The average molecular weight is 275 g/mol. The molecule has 5 nitrogen and oxygen atoms in total. The van der Waals surface area contributed by atoms with Gasteiger partial charge in [-0.1, -0.05) is 11.6 Å². The van der Waals surface area contributed by atoms with Crippen LogP contribution in [0.2, 0.25) is 5.02 Å². The standard InChI is InChI=1S/C13H11ClN4O/c1-15-11-5-4-9-13(17-11)18-12(16-9)8-3-2-7(14)6-10(8)19/h2-6,19H,1H3,(H2,15,16,17,18). The molecule has 0 amide bonds. The van der Waals surface area contributed by atoms with Crippen molar-refractivity contribution in [3.8, 4) is 17.1 Å². The first-order chi connectivity index (χ1) is 9.17. The molecule has 0 unspecified atom stereocenters. The van der Waals surface area contributed by atoms with E-state index in [9.17, 15) is 5.11 Å². The number of nitrogens with zero attached hydrogens (tertiary/aromatic N) is 2. The summed E-state index contributed by atoms with van der Waals surface area (Å²) in [5.41, 5.74) is 1.99. The van der Waals surface area contributed by atoms with Crippen LogP contribution in [0.4, 0.5) is 5.82 Å². The Morgan fingerprint density at radius 3 is 2.79 bits per heavy atom. The fourth-order valence-corrected chi connectivity index (χ4v) is 2.03. The quantitative estimate of drug-likeness (QED) is 0.671. The molecule has 0 radical (unpaired) electrons. The van der Waals surface area contributed by atoms with Gasteiger partial charge < -0.3 is 15.4 Å². The Labute approximate surface area is 114 Å². The molecule has 3 N–H and O–H groups in total. The van der Waals surface area contributed by atoms with E-state index >= 15 is 0 Å². The van der Waals surface area contributed by atoms with E-state index in [1.165, 1.54) is 6.07 Å². The van der Waals surface area contributed by atoms with Crippen molar-refractivity contribution in [2.75, 3.05) is 12.4 Å². The van der Waals surface area contributed by atoms with Crippen molar-refractivity contribution in [3.05, 3.63) is 35.4 Å². The number of halogens is 1. The molecule has 0 aliphatic carbocycles. The predicted octanol–water partition coefficient (Wildman–Crippen LogP) is 3.03. The molecule has 0 fully saturated rings. The van der Waals surface area contributed by atoms with Crippen molar-refractivity contribution in [2.24, 2.45) is 0 Å². The van der Waals surface area contributed by atoms with E-state index in [0.717, 1.165) is 11.3 Å². The van der Waals surface area contributed by atoms with Crippen molar-refractivity contribution in [3.63, 3.8) is 0 Å². The maximum Gasteiger partial charge on any atom is 0.180 e. The highest BCUT2D eigenvalue weighted by Crippen LogP contribution is 2.30. The topological polar surface area (TPSA) is 73.8 Å². The van der Waals surface area contributed by atoms with Gasteiger partial charge in [0.1, 0.15) is 17.4 Å². The van der Waals surface area contributed by atoms with E-state index in [-0.39, 0.29) is 5.75 Å². The van der Waals surface area contributed by atoms with E-state index in [2.05, 4.69) is 20.3 Å². The molecule has 3 aromatic rings. The maximum atomic E-state index is 9.89. The lowest BCUT2D eigenvalue weighted by Gasteiger charge is -2.00. The first kappa shape index (κ1) is 11.8. The van der Waals surface area contributed by atoms with Crippen molar-refractivity contribution in [2.45, 2.75) is 0 Å². The summed E-state index contributed by atoms with van der Waals surface area (Å²) in [5, 5.41) is 13.3. The molecule has 2 heterocycles. The second-order valence-corrected chi connectivity index (χ2v) is 4.50. The number of aromatic amines is 1. The summed E-state index contributed by atoms with van der Waals surface area (Å²) in [6.07, 6.45) is 0. The number of imidazole rings is 1. The highest BCUT2D eigenvalue weighted by atomic mass is 35.5. The van der Waals surface area contributed by atoms with Crippen LogP contribution >= 0.6 is 11.6 Å². The zero-order chi connectivity index (χ0) is 13.4. The van der Waals surface area contributed by atoms with Crippen molar-refractivity contribution >= 4 is 28.6 Å². The molecule has 0 aliphatic rings. The number of rotatable bonds is 2. The average Bonchev–Trinajstić information content (AvgIpc) is 2.80. The Kier molecular flexibility index (Phi) is 2.76. The Balaban J connectivity index is 2.14. The molecule has 0 saturated heterocycles. The minimum atomic E-state index is 0.0837. The summed E-state index contributed by atoms with van der Waals surface area (Å²) >= 11 is 5.81. The van der Waals surface area contributed by atoms with Crippen LogP contribution in [-0.2, 0) is 0 Å². The number of aromatic hydroxyl groups is 1. The van der Waals surface area contributed by atoms with Gasteiger partial charge in [-0.2, -0.15) is 0 Å². The minimum Gasteiger partial charge on any atom is -0.507 e. The van der Waals surface area contributed by atoms with E-state index in [4.69, 9.17) is 11.6 Å². The number of fused-ring (bicyclic) bond motifs is 1. The molecule has 0 saturated carbocycles. The summed E-state index contributed by atoms with van der Waals surface area (Å²) in [7, 11) is 1.80. The Morgan fingerprint density at radius 2 is 2.05 bits per heavy atom. The molecule has 96 valence electrons. The van der Waals surface area contributed by atoms with Crippen molar-refractivity contribution < 1.29 is 5.11 Å². The van der Waals surface area contributed by atoms with Gasteiger partial charge in [0, 0.05) is 12.1 Å². The van der Waals surface area contributed by atoms with E-state index < -0.39 is 0 Å². The molecule has 6 heteroatoms. The van der Waals surface area contributed by atoms with Gasteiger partial charge in [-0.05, 0) is 30.3 Å². The highest BCUT2D eigenvalue weighted by molar-refractivity contribution is 6.30. The molecule has 0 aliphatic heterocycles. The molecule has 0 atom stereocenters. The number of nitrogens with one attached hydrogen (secondary N) is 2.